The Bertz CT molecular complexity index is 625. The molecule has 0 spiro atoms. The Labute approximate surface area is 170 Å². The molecule has 2 atom stereocenters. The molecule has 1 aliphatic heterocycles. The molecule has 0 saturated carbocycles. The fourth-order valence-corrected chi connectivity index (χ4v) is 3.29. The summed E-state index contributed by atoms with van der Waals surface area (Å²) in [6.07, 6.45) is 5.04. The number of alkyl halides is 1. The topological polar surface area (TPSA) is 77.0 Å². The first-order valence-corrected chi connectivity index (χ1v) is 10.3. The van der Waals surface area contributed by atoms with Crippen LogP contribution in [0.2, 0.25) is 0 Å². The zero-order valence-corrected chi connectivity index (χ0v) is 18.5. The molecule has 2 unspecified atom stereocenters. The number of ether oxygens (including phenoxy) is 2. The summed E-state index contributed by atoms with van der Waals surface area (Å²) >= 11 is 3.57. The molecule has 0 radical (unpaired) electrons. The number of rotatable bonds is 11. The van der Waals surface area contributed by atoms with Gasteiger partial charge in [0.25, 0.3) is 0 Å². The number of allylic oxidation sites excluding steroid dienone is 3. The van der Waals surface area contributed by atoms with Gasteiger partial charge >= 0.3 is 11.9 Å². The Morgan fingerprint density at radius 2 is 1.89 bits per heavy atom. The van der Waals surface area contributed by atoms with Crippen LogP contribution in [0.15, 0.2) is 27.9 Å². The lowest BCUT2D eigenvalue weighted by Gasteiger charge is -2.18. The Morgan fingerprint density at radius 1 is 1.26 bits per heavy atom. The molecule has 1 N–H and O–H groups in total. The summed E-state index contributed by atoms with van der Waals surface area (Å²) in [7, 11) is 2.81. The molecule has 1 rings (SSSR count). The molecule has 152 valence electrons. The predicted octanol–water partition coefficient (Wildman–Crippen LogP) is 3.90. The molecule has 0 aromatic rings. The maximum atomic E-state index is 11.5. The van der Waals surface area contributed by atoms with E-state index in [-0.39, 0.29) is 22.8 Å². The van der Waals surface area contributed by atoms with Crippen molar-refractivity contribution in [3.05, 3.63) is 22.9 Å². The summed E-state index contributed by atoms with van der Waals surface area (Å²) in [6.45, 7) is 7.07. The highest BCUT2D eigenvalue weighted by Gasteiger charge is 2.24. The SMILES string of the molecule is CCCN/C(=C\C1=NC(Br)C(C)=C1CCC(=O)OC)C(C)CCC(=O)OC. The number of halogens is 1. The molecular formula is C20H31BrN2O4. The second-order valence-corrected chi connectivity index (χ2v) is 7.50. The minimum absolute atomic E-state index is 0.0748. The zero-order chi connectivity index (χ0) is 20.4. The van der Waals surface area contributed by atoms with E-state index in [0.717, 1.165) is 35.5 Å². The van der Waals surface area contributed by atoms with Crippen molar-refractivity contribution >= 4 is 33.6 Å². The molecule has 0 aromatic heterocycles. The molecule has 0 aliphatic carbocycles. The van der Waals surface area contributed by atoms with Gasteiger partial charge in [-0.25, -0.2) is 0 Å². The number of aliphatic imine (C=N–C) groups is 1. The molecule has 27 heavy (non-hydrogen) atoms. The van der Waals surface area contributed by atoms with Crippen molar-refractivity contribution in [3.8, 4) is 0 Å². The van der Waals surface area contributed by atoms with E-state index in [0.29, 0.717) is 25.7 Å². The first kappa shape index (κ1) is 23.4. The standard InChI is InChI=1S/C20H31BrN2O4/c1-6-11-22-16(13(2)7-9-18(24)26-4)12-17-15(8-10-19(25)27-5)14(3)20(21)23-17/h12-13,20,22H,6-11H2,1-5H3/b16-12-. The van der Waals surface area contributed by atoms with E-state index in [2.05, 4.69) is 41.2 Å². The van der Waals surface area contributed by atoms with Crippen LogP contribution in [-0.2, 0) is 19.1 Å². The summed E-state index contributed by atoms with van der Waals surface area (Å²) in [5, 5.41) is 3.46. The lowest BCUT2D eigenvalue weighted by Crippen LogP contribution is -2.22. The maximum Gasteiger partial charge on any atom is 0.305 e. The van der Waals surface area contributed by atoms with E-state index in [1.807, 2.05) is 6.92 Å². The number of nitrogens with zero attached hydrogens (tertiary/aromatic N) is 1. The highest BCUT2D eigenvalue weighted by atomic mass is 79.9. The summed E-state index contributed by atoms with van der Waals surface area (Å²) in [5.74, 6) is -0.271. The van der Waals surface area contributed by atoms with Gasteiger partial charge < -0.3 is 14.8 Å². The van der Waals surface area contributed by atoms with E-state index in [1.54, 1.807) is 0 Å². The van der Waals surface area contributed by atoms with Crippen LogP contribution in [0.3, 0.4) is 0 Å². The molecule has 6 nitrogen and oxygen atoms in total. The van der Waals surface area contributed by atoms with Crippen molar-refractivity contribution in [1.29, 1.82) is 0 Å². The third kappa shape index (κ3) is 7.48. The summed E-state index contributed by atoms with van der Waals surface area (Å²) in [6, 6.07) is 0. The van der Waals surface area contributed by atoms with E-state index in [9.17, 15) is 9.59 Å². The molecule has 1 heterocycles. The van der Waals surface area contributed by atoms with Crippen LogP contribution >= 0.6 is 15.9 Å². The van der Waals surface area contributed by atoms with Crippen molar-refractivity contribution in [2.75, 3.05) is 20.8 Å². The van der Waals surface area contributed by atoms with Crippen molar-refractivity contribution < 1.29 is 19.1 Å². The minimum Gasteiger partial charge on any atom is -0.469 e. The van der Waals surface area contributed by atoms with Gasteiger partial charge in [0.15, 0.2) is 0 Å². The van der Waals surface area contributed by atoms with Crippen LogP contribution in [0.4, 0.5) is 0 Å². The summed E-state index contributed by atoms with van der Waals surface area (Å²) in [5.41, 5.74) is 4.10. The normalized spacial score (nSPS) is 18.2. The Hall–Kier alpha value is -1.63. The second kappa shape index (κ2) is 12.0. The largest absolute Gasteiger partial charge is 0.469 e. The Kier molecular flexibility index (Phi) is 10.4. The van der Waals surface area contributed by atoms with Crippen molar-refractivity contribution in [2.24, 2.45) is 10.9 Å². The van der Waals surface area contributed by atoms with Crippen LogP contribution < -0.4 is 5.32 Å². The van der Waals surface area contributed by atoms with Gasteiger partial charge in [-0.1, -0.05) is 29.8 Å². The lowest BCUT2D eigenvalue weighted by atomic mass is 9.96. The molecule has 0 saturated heterocycles. The van der Waals surface area contributed by atoms with Crippen LogP contribution in [0, 0.1) is 5.92 Å². The first-order valence-electron chi connectivity index (χ1n) is 9.34. The van der Waals surface area contributed by atoms with E-state index in [1.165, 1.54) is 14.2 Å². The van der Waals surface area contributed by atoms with Crippen molar-refractivity contribution in [1.82, 2.24) is 5.32 Å². The number of carbonyl (C=O) groups excluding carboxylic acids is 2. The molecule has 0 amide bonds. The third-order valence-electron chi connectivity index (χ3n) is 4.61. The van der Waals surface area contributed by atoms with Gasteiger partial charge in [0.1, 0.15) is 4.95 Å². The number of carbonyl (C=O) groups is 2. The van der Waals surface area contributed by atoms with Gasteiger partial charge in [0.05, 0.1) is 19.9 Å². The summed E-state index contributed by atoms with van der Waals surface area (Å²) < 4.78 is 9.51. The third-order valence-corrected chi connectivity index (χ3v) is 5.50. The van der Waals surface area contributed by atoms with Gasteiger partial charge in [-0.3, -0.25) is 14.6 Å². The molecule has 0 fully saturated rings. The Balaban J connectivity index is 2.99. The monoisotopic (exact) mass is 442 g/mol. The van der Waals surface area contributed by atoms with Crippen LogP contribution in [0.25, 0.3) is 0 Å². The van der Waals surface area contributed by atoms with Crippen LogP contribution in [-0.4, -0.2) is 43.4 Å². The number of esters is 2. The van der Waals surface area contributed by atoms with Gasteiger partial charge in [0, 0.05) is 25.1 Å². The van der Waals surface area contributed by atoms with Crippen molar-refractivity contribution in [3.63, 3.8) is 0 Å². The average molecular weight is 443 g/mol. The average Bonchev–Trinajstić information content (AvgIpc) is 2.93. The molecule has 1 aliphatic rings. The fraction of sp³-hybridized carbons (Fsp3) is 0.650. The molecule has 7 heteroatoms. The smallest absolute Gasteiger partial charge is 0.305 e. The first-order chi connectivity index (χ1) is 12.8. The van der Waals surface area contributed by atoms with Gasteiger partial charge in [-0.15, -0.1) is 0 Å². The molecule has 0 bridgehead atoms. The van der Waals surface area contributed by atoms with E-state index in [4.69, 9.17) is 14.5 Å². The minimum atomic E-state index is -0.229. The van der Waals surface area contributed by atoms with E-state index >= 15 is 0 Å². The lowest BCUT2D eigenvalue weighted by molar-refractivity contribution is -0.141. The predicted molar refractivity (Wildman–Crippen MR) is 111 cm³/mol. The quantitative estimate of drug-likeness (QED) is 0.298. The van der Waals surface area contributed by atoms with Crippen LogP contribution in [0.5, 0.6) is 0 Å². The Morgan fingerprint density at radius 3 is 2.48 bits per heavy atom. The molecular weight excluding hydrogens is 412 g/mol. The van der Waals surface area contributed by atoms with Crippen molar-refractivity contribution in [2.45, 2.75) is 57.8 Å². The second-order valence-electron chi connectivity index (χ2n) is 6.63. The number of hydrogen-bond acceptors (Lipinski definition) is 6. The fourth-order valence-electron chi connectivity index (χ4n) is 2.80. The summed E-state index contributed by atoms with van der Waals surface area (Å²) in [4.78, 5) is 27.6. The number of methoxy groups -OCH3 is 2. The van der Waals surface area contributed by atoms with Gasteiger partial charge in [0.2, 0.25) is 0 Å². The van der Waals surface area contributed by atoms with Gasteiger partial charge in [-0.05, 0) is 49.3 Å². The highest BCUT2D eigenvalue weighted by Crippen LogP contribution is 2.30. The maximum absolute atomic E-state index is 11.5. The van der Waals surface area contributed by atoms with Gasteiger partial charge in [-0.2, -0.15) is 0 Å². The van der Waals surface area contributed by atoms with E-state index < -0.39 is 0 Å². The number of hydrogen-bond donors (Lipinski definition) is 1. The number of nitrogens with one attached hydrogen (secondary N) is 1. The molecule has 0 aromatic carbocycles. The zero-order valence-electron chi connectivity index (χ0n) is 16.9. The van der Waals surface area contributed by atoms with Crippen LogP contribution in [0.1, 0.15) is 52.9 Å². The highest BCUT2D eigenvalue weighted by molar-refractivity contribution is 9.09.